The highest BCUT2D eigenvalue weighted by Gasteiger charge is 2.23. The van der Waals surface area contributed by atoms with Crippen molar-refractivity contribution in [2.75, 3.05) is 5.73 Å². The monoisotopic (exact) mass is 511 g/mol. The summed E-state index contributed by atoms with van der Waals surface area (Å²) >= 11 is 0. The van der Waals surface area contributed by atoms with Crippen molar-refractivity contribution in [2.45, 2.75) is 52.0 Å². The molecule has 0 saturated heterocycles. The molecule has 0 aliphatic carbocycles. The fraction of sp³-hybridized carbons (Fsp3) is 0.258. The van der Waals surface area contributed by atoms with Gasteiger partial charge in [0, 0.05) is 29.2 Å². The average molecular weight is 512 g/mol. The zero-order chi connectivity index (χ0) is 27.4. The molecule has 0 aliphatic rings. The summed E-state index contributed by atoms with van der Waals surface area (Å²) in [5.41, 5.74) is 16.9. The van der Waals surface area contributed by atoms with Crippen molar-refractivity contribution in [3.8, 4) is 11.5 Å². The second kappa shape index (κ2) is 11.4. The van der Waals surface area contributed by atoms with E-state index in [1.54, 1.807) is 36.4 Å². The van der Waals surface area contributed by atoms with Crippen LogP contribution >= 0.6 is 0 Å². The van der Waals surface area contributed by atoms with E-state index in [2.05, 4.69) is 18.0 Å². The Bertz CT molecular complexity index is 1570. The maximum Gasteiger partial charge on any atom is 0.335 e. The van der Waals surface area contributed by atoms with Crippen LogP contribution in [0.3, 0.4) is 0 Å². The van der Waals surface area contributed by atoms with Crippen molar-refractivity contribution in [1.82, 2.24) is 4.98 Å². The van der Waals surface area contributed by atoms with E-state index in [0.717, 1.165) is 29.5 Å². The summed E-state index contributed by atoms with van der Waals surface area (Å²) in [7, 11) is 0. The number of benzene rings is 2. The standard InChI is InChI=1S/C31H33N3O4/c1-4-5-6-9-20-12-13-26(34-30(20)33)28-17-27(35)24-15-18(2)14-23(29(24)38-28)19(3)25(32)16-21-10-7-8-11-22(21)31(36)37/h6-15,17,19,25H,4-5,16,32H2,1-3H3,(H2,33,34)(H,36,37)/b9-6-/t19?,25-/m0/s1. The highest BCUT2D eigenvalue weighted by molar-refractivity contribution is 5.89. The Balaban J connectivity index is 1.74. The fourth-order valence-electron chi connectivity index (χ4n) is 4.61. The van der Waals surface area contributed by atoms with Gasteiger partial charge in [0.15, 0.2) is 11.2 Å². The number of pyridine rings is 1. The predicted octanol–water partition coefficient (Wildman–Crippen LogP) is 5.93. The van der Waals surface area contributed by atoms with Gasteiger partial charge in [0.2, 0.25) is 0 Å². The van der Waals surface area contributed by atoms with Crippen LogP contribution in [0.2, 0.25) is 0 Å². The molecular weight excluding hydrogens is 478 g/mol. The number of hydrogen-bond acceptors (Lipinski definition) is 6. The number of carbonyl (C=O) groups is 1. The molecule has 4 rings (SSSR count). The van der Waals surface area contributed by atoms with Crippen LogP contribution in [0.15, 0.2) is 69.9 Å². The number of aromatic nitrogens is 1. The Morgan fingerprint density at radius 3 is 2.63 bits per heavy atom. The van der Waals surface area contributed by atoms with Crippen molar-refractivity contribution in [3.05, 3.63) is 98.7 Å². The van der Waals surface area contributed by atoms with Crippen molar-refractivity contribution in [2.24, 2.45) is 5.73 Å². The highest BCUT2D eigenvalue weighted by atomic mass is 16.4. The zero-order valence-electron chi connectivity index (χ0n) is 21.9. The van der Waals surface area contributed by atoms with Crippen LogP contribution in [-0.4, -0.2) is 22.1 Å². The summed E-state index contributed by atoms with van der Waals surface area (Å²) in [5.74, 6) is -0.549. The predicted molar refractivity (Wildman–Crippen MR) is 152 cm³/mol. The maximum atomic E-state index is 13.2. The van der Waals surface area contributed by atoms with E-state index in [0.29, 0.717) is 40.2 Å². The molecule has 1 unspecified atom stereocenters. The number of aromatic carboxylic acids is 1. The lowest BCUT2D eigenvalue weighted by Crippen LogP contribution is -2.30. The van der Waals surface area contributed by atoms with Gasteiger partial charge in [-0.05, 0) is 55.2 Å². The molecule has 0 amide bonds. The first kappa shape index (κ1) is 26.8. The molecule has 0 fully saturated rings. The van der Waals surface area contributed by atoms with E-state index in [1.807, 2.05) is 32.1 Å². The fourth-order valence-corrected chi connectivity index (χ4v) is 4.61. The Kier molecular flexibility index (Phi) is 8.08. The minimum absolute atomic E-state index is 0.185. The molecular formula is C31H33N3O4. The van der Waals surface area contributed by atoms with Crippen LogP contribution < -0.4 is 16.9 Å². The van der Waals surface area contributed by atoms with Gasteiger partial charge < -0.3 is 21.0 Å². The Labute approximate surface area is 221 Å². The molecule has 0 aliphatic heterocycles. The van der Waals surface area contributed by atoms with Crippen molar-refractivity contribution >= 4 is 28.8 Å². The van der Waals surface area contributed by atoms with Gasteiger partial charge in [0.25, 0.3) is 0 Å². The number of nitrogens with two attached hydrogens (primary N) is 2. The summed E-state index contributed by atoms with van der Waals surface area (Å²) in [5, 5.41) is 10.0. The topological polar surface area (TPSA) is 132 Å². The van der Waals surface area contributed by atoms with E-state index < -0.39 is 12.0 Å². The van der Waals surface area contributed by atoms with Gasteiger partial charge in [0.1, 0.15) is 17.1 Å². The number of allylic oxidation sites excluding steroid dienone is 1. The number of unbranched alkanes of at least 4 members (excludes halogenated alkanes) is 1. The van der Waals surface area contributed by atoms with Crippen LogP contribution in [0, 0.1) is 6.92 Å². The highest BCUT2D eigenvalue weighted by Crippen LogP contribution is 2.32. The Morgan fingerprint density at radius 2 is 1.92 bits per heavy atom. The summed E-state index contributed by atoms with van der Waals surface area (Å²) < 4.78 is 6.31. The van der Waals surface area contributed by atoms with E-state index >= 15 is 0 Å². The number of nitrogen functional groups attached to an aromatic ring is 1. The first-order valence-electron chi connectivity index (χ1n) is 12.8. The molecule has 7 nitrogen and oxygen atoms in total. The van der Waals surface area contributed by atoms with Crippen molar-refractivity contribution < 1.29 is 14.3 Å². The molecule has 4 aromatic rings. The van der Waals surface area contributed by atoms with Crippen LogP contribution in [-0.2, 0) is 6.42 Å². The lowest BCUT2D eigenvalue weighted by molar-refractivity contribution is 0.0695. The third kappa shape index (κ3) is 5.68. The number of nitrogens with zero attached hydrogens (tertiary/aromatic N) is 1. The zero-order valence-corrected chi connectivity index (χ0v) is 21.9. The first-order chi connectivity index (χ1) is 18.2. The van der Waals surface area contributed by atoms with Crippen LogP contribution in [0.1, 0.15) is 65.2 Å². The Hall–Kier alpha value is -4.23. The average Bonchev–Trinajstić information content (AvgIpc) is 2.89. The molecule has 5 N–H and O–H groups in total. The van der Waals surface area contributed by atoms with Crippen molar-refractivity contribution in [1.29, 1.82) is 0 Å². The van der Waals surface area contributed by atoms with Crippen LogP contribution in [0.5, 0.6) is 0 Å². The molecule has 0 radical (unpaired) electrons. The minimum Gasteiger partial charge on any atom is -0.478 e. The second-order valence-electron chi connectivity index (χ2n) is 9.69. The van der Waals surface area contributed by atoms with E-state index in [4.69, 9.17) is 15.9 Å². The number of carboxylic acid groups (broad SMARTS) is 1. The molecule has 7 heteroatoms. The molecule has 0 saturated carbocycles. The normalized spacial score (nSPS) is 13.2. The molecule has 2 atom stereocenters. The molecule has 196 valence electrons. The summed E-state index contributed by atoms with van der Waals surface area (Å²) in [4.78, 5) is 29.3. The molecule has 2 aromatic heterocycles. The molecule has 2 aromatic carbocycles. The van der Waals surface area contributed by atoms with Gasteiger partial charge in [-0.15, -0.1) is 0 Å². The summed E-state index contributed by atoms with van der Waals surface area (Å²) in [6.07, 6.45) is 6.34. The third-order valence-electron chi connectivity index (χ3n) is 6.80. The lowest BCUT2D eigenvalue weighted by Gasteiger charge is -2.22. The summed E-state index contributed by atoms with van der Waals surface area (Å²) in [6, 6.07) is 15.3. The van der Waals surface area contributed by atoms with Crippen LogP contribution in [0.4, 0.5) is 5.82 Å². The van der Waals surface area contributed by atoms with E-state index in [1.165, 1.54) is 6.07 Å². The quantitative estimate of drug-likeness (QED) is 0.254. The number of hydrogen-bond donors (Lipinski definition) is 3. The number of aryl methyl sites for hydroxylation is 1. The smallest absolute Gasteiger partial charge is 0.335 e. The van der Waals surface area contributed by atoms with Gasteiger partial charge in [-0.1, -0.05) is 56.7 Å². The molecule has 0 spiro atoms. The van der Waals surface area contributed by atoms with Crippen molar-refractivity contribution in [3.63, 3.8) is 0 Å². The lowest BCUT2D eigenvalue weighted by atomic mass is 9.86. The minimum atomic E-state index is -0.990. The summed E-state index contributed by atoms with van der Waals surface area (Å²) in [6.45, 7) is 5.99. The SMILES string of the molecule is CCC/C=C\c1ccc(-c2cc(=O)c3cc(C)cc(C(C)[C@@H](N)Cc4ccccc4C(=O)O)c3o2)nc1N. The molecule has 0 bridgehead atoms. The number of anilines is 1. The van der Waals surface area contributed by atoms with Gasteiger partial charge in [0.05, 0.1) is 10.9 Å². The van der Waals surface area contributed by atoms with E-state index in [9.17, 15) is 14.7 Å². The van der Waals surface area contributed by atoms with Gasteiger partial charge in [-0.3, -0.25) is 4.79 Å². The molecule has 38 heavy (non-hydrogen) atoms. The second-order valence-corrected chi connectivity index (χ2v) is 9.69. The number of carboxylic acids is 1. The number of rotatable bonds is 9. The van der Waals surface area contributed by atoms with Gasteiger partial charge >= 0.3 is 5.97 Å². The van der Waals surface area contributed by atoms with E-state index in [-0.39, 0.29) is 16.9 Å². The largest absolute Gasteiger partial charge is 0.478 e. The third-order valence-corrected chi connectivity index (χ3v) is 6.80. The Morgan fingerprint density at radius 1 is 1.16 bits per heavy atom. The van der Waals surface area contributed by atoms with Gasteiger partial charge in [-0.25, -0.2) is 9.78 Å². The molecule has 2 heterocycles. The first-order valence-corrected chi connectivity index (χ1v) is 12.8. The number of fused-ring (bicyclic) bond motifs is 1. The van der Waals surface area contributed by atoms with Crippen LogP contribution in [0.25, 0.3) is 28.5 Å². The maximum absolute atomic E-state index is 13.2. The van der Waals surface area contributed by atoms with Gasteiger partial charge in [-0.2, -0.15) is 0 Å².